The molecule has 0 saturated carbocycles. The van der Waals surface area contributed by atoms with Crippen molar-refractivity contribution in [3.05, 3.63) is 89.6 Å². The molecule has 4 aromatic rings. The van der Waals surface area contributed by atoms with Crippen LogP contribution in [0.25, 0.3) is 11.4 Å². The van der Waals surface area contributed by atoms with E-state index in [9.17, 15) is 9.18 Å². The number of nitrogens with zero attached hydrogens (tertiary/aromatic N) is 5. The van der Waals surface area contributed by atoms with E-state index < -0.39 is 0 Å². The standard InChI is InChI=1S/C27H29FN6O2/c1-19-29-11-13-34(19)16-21-5-2-4-20(14-21)15-30-27(35)23-6-3-12-33(17-23)18-25-31-26(32-36-25)22-7-9-24(28)10-8-22/h2,4-5,7-11,13-14,23H,3,6,12,15-18H2,1H3,(H,30,35). The van der Waals surface area contributed by atoms with E-state index in [4.69, 9.17) is 4.52 Å². The maximum Gasteiger partial charge on any atom is 0.241 e. The number of nitrogens with one attached hydrogen (secondary N) is 1. The molecule has 1 aliphatic rings. The number of amides is 1. The van der Waals surface area contributed by atoms with Gasteiger partial charge in [0.2, 0.25) is 17.6 Å². The quantitative estimate of drug-likeness (QED) is 0.404. The van der Waals surface area contributed by atoms with Gasteiger partial charge in [0.05, 0.1) is 12.5 Å². The van der Waals surface area contributed by atoms with Crippen LogP contribution in [0.2, 0.25) is 0 Å². The minimum atomic E-state index is -0.308. The first-order chi connectivity index (χ1) is 17.5. The van der Waals surface area contributed by atoms with Crippen molar-refractivity contribution in [2.24, 2.45) is 5.92 Å². The van der Waals surface area contributed by atoms with E-state index in [1.54, 1.807) is 18.3 Å². The first kappa shape index (κ1) is 23.9. The third-order valence-corrected chi connectivity index (χ3v) is 6.54. The van der Waals surface area contributed by atoms with Crippen molar-refractivity contribution in [1.29, 1.82) is 0 Å². The summed E-state index contributed by atoms with van der Waals surface area (Å²) in [5, 5.41) is 7.13. The molecular weight excluding hydrogens is 459 g/mol. The van der Waals surface area contributed by atoms with Gasteiger partial charge >= 0.3 is 0 Å². The van der Waals surface area contributed by atoms with Crippen molar-refractivity contribution in [2.45, 2.75) is 39.4 Å². The van der Waals surface area contributed by atoms with Crippen LogP contribution in [0.3, 0.4) is 0 Å². The van der Waals surface area contributed by atoms with Crippen molar-refractivity contribution >= 4 is 5.91 Å². The van der Waals surface area contributed by atoms with Crippen molar-refractivity contribution in [3.8, 4) is 11.4 Å². The van der Waals surface area contributed by atoms with Crippen LogP contribution in [-0.2, 0) is 24.4 Å². The van der Waals surface area contributed by atoms with E-state index in [2.05, 4.69) is 42.0 Å². The first-order valence-corrected chi connectivity index (χ1v) is 12.2. The second-order valence-electron chi connectivity index (χ2n) is 9.23. The van der Waals surface area contributed by atoms with Gasteiger partial charge in [0, 0.05) is 37.6 Å². The Hall–Kier alpha value is -3.85. The molecule has 2 aromatic carbocycles. The van der Waals surface area contributed by atoms with E-state index in [0.717, 1.165) is 37.3 Å². The zero-order valence-corrected chi connectivity index (χ0v) is 20.2. The van der Waals surface area contributed by atoms with Gasteiger partial charge in [-0.3, -0.25) is 9.69 Å². The topological polar surface area (TPSA) is 89.1 Å². The average Bonchev–Trinajstić information content (AvgIpc) is 3.52. The molecule has 0 bridgehead atoms. The molecular formula is C27H29FN6O2. The maximum absolute atomic E-state index is 13.2. The number of rotatable bonds is 8. The molecule has 8 nitrogen and oxygen atoms in total. The van der Waals surface area contributed by atoms with Crippen LogP contribution in [0.15, 0.2) is 65.4 Å². The number of carbonyl (C=O) groups is 1. The molecule has 5 rings (SSSR count). The van der Waals surface area contributed by atoms with Crippen LogP contribution in [0, 0.1) is 18.7 Å². The van der Waals surface area contributed by atoms with Crippen LogP contribution in [0.1, 0.15) is 35.7 Å². The summed E-state index contributed by atoms with van der Waals surface area (Å²) in [6.45, 7) is 5.22. The van der Waals surface area contributed by atoms with Crippen molar-refractivity contribution < 1.29 is 13.7 Å². The fraction of sp³-hybridized carbons (Fsp3) is 0.333. The van der Waals surface area contributed by atoms with Crippen LogP contribution in [0.5, 0.6) is 0 Å². The highest BCUT2D eigenvalue weighted by molar-refractivity contribution is 5.79. The molecule has 1 N–H and O–H groups in total. The minimum absolute atomic E-state index is 0.0630. The zero-order chi connectivity index (χ0) is 24.9. The van der Waals surface area contributed by atoms with Gasteiger partial charge in [0.1, 0.15) is 11.6 Å². The molecule has 186 valence electrons. The monoisotopic (exact) mass is 488 g/mol. The second kappa shape index (κ2) is 10.8. The Morgan fingerprint density at radius 3 is 2.81 bits per heavy atom. The molecule has 1 aliphatic heterocycles. The lowest BCUT2D eigenvalue weighted by atomic mass is 9.97. The Bertz CT molecular complexity index is 1320. The second-order valence-corrected chi connectivity index (χ2v) is 9.23. The third-order valence-electron chi connectivity index (χ3n) is 6.54. The van der Waals surface area contributed by atoms with Gasteiger partial charge in [0.15, 0.2) is 0 Å². The van der Waals surface area contributed by atoms with Crippen LogP contribution >= 0.6 is 0 Å². The highest BCUT2D eigenvalue weighted by Gasteiger charge is 2.27. The van der Waals surface area contributed by atoms with Crippen molar-refractivity contribution in [3.63, 3.8) is 0 Å². The Balaban J connectivity index is 1.13. The first-order valence-electron chi connectivity index (χ1n) is 12.2. The van der Waals surface area contributed by atoms with Crippen LogP contribution < -0.4 is 5.32 Å². The number of halogens is 1. The summed E-state index contributed by atoms with van der Waals surface area (Å²) in [7, 11) is 0. The summed E-state index contributed by atoms with van der Waals surface area (Å²) in [5.74, 6) is 1.56. The SMILES string of the molecule is Cc1nccn1Cc1cccc(CNC(=O)C2CCCN(Cc3nc(-c4ccc(F)cc4)no3)C2)c1. The number of carbonyl (C=O) groups excluding carboxylic acids is 1. The summed E-state index contributed by atoms with van der Waals surface area (Å²) in [5.41, 5.74) is 2.95. The summed E-state index contributed by atoms with van der Waals surface area (Å²) < 4.78 is 20.7. The Kier molecular flexibility index (Phi) is 7.18. The summed E-state index contributed by atoms with van der Waals surface area (Å²) in [4.78, 5) is 23.8. The number of imidazole rings is 1. The Morgan fingerprint density at radius 1 is 1.17 bits per heavy atom. The molecule has 0 spiro atoms. The van der Waals surface area contributed by atoms with Gasteiger partial charge < -0.3 is 14.4 Å². The summed E-state index contributed by atoms with van der Waals surface area (Å²) in [6.07, 6.45) is 5.55. The van der Waals surface area contributed by atoms with Gasteiger partial charge in [-0.1, -0.05) is 29.4 Å². The lowest BCUT2D eigenvalue weighted by Crippen LogP contribution is -2.42. The number of aromatic nitrogens is 4. The van der Waals surface area contributed by atoms with E-state index >= 15 is 0 Å². The largest absolute Gasteiger partial charge is 0.352 e. The molecule has 1 fully saturated rings. The molecule has 1 unspecified atom stereocenters. The lowest BCUT2D eigenvalue weighted by Gasteiger charge is -2.30. The number of hydrogen-bond acceptors (Lipinski definition) is 6. The zero-order valence-electron chi connectivity index (χ0n) is 20.2. The van der Waals surface area contributed by atoms with Gasteiger partial charge in [0.25, 0.3) is 0 Å². The minimum Gasteiger partial charge on any atom is -0.352 e. The lowest BCUT2D eigenvalue weighted by molar-refractivity contribution is -0.127. The number of aryl methyl sites for hydroxylation is 1. The number of benzene rings is 2. The Morgan fingerprint density at radius 2 is 2.00 bits per heavy atom. The summed E-state index contributed by atoms with van der Waals surface area (Å²) in [6, 6.07) is 14.3. The Labute approximate surface area is 209 Å². The van der Waals surface area contributed by atoms with Crippen LogP contribution in [-0.4, -0.2) is 43.6 Å². The number of hydrogen-bond donors (Lipinski definition) is 1. The molecule has 0 aliphatic carbocycles. The van der Waals surface area contributed by atoms with E-state index in [1.807, 2.05) is 25.3 Å². The fourth-order valence-electron chi connectivity index (χ4n) is 4.58. The molecule has 36 heavy (non-hydrogen) atoms. The predicted octanol–water partition coefficient (Wildman–Crippen LogP) is 3.96. The van der Waals surface area contributed by atoms with E-state index in [-0.39, 0.29) is 17.6 Å². The predicted molar refractivity (Wildman–Crippen MR) is 132 cm³/mol. The maximum atomic E-state index is 13.2. The highest BCUT2D eigenvalue weighted by atomic mass is 19.1. The van der Waals surface area contributed by atoms with Crippen molar-refractivity contribution in [1.82, 2.24) is 29.9 Å². The average molecular weight is 489 g/mol. The van der Waals surface area contributed by atoms with Gasteiger partial charge in [-0.05, 0) is 61.7 Å². The van der Waals surface area contributed by atoms with E-state index in [1.165, 1.54) is 17.7 Å². The molecule has 1 atom stereocenters. The normalized spacial score (nSPS) is 16.2. The number of likely N-dealkylation sites (tertiary alicyclic amines) is 1. The van der Waals surface area contributed by atoms with Crippen LogP contribution in [0.4, 0.5) is 4.39 Å². The third kappa shape index (κ3) is 5.85. The van der Waals surface area contributed by atoms with E-state index in [0.29, 0.717) is 36.9 Å². The smallest absolute Gasteiger partial charge is 0.241 e. The van der Waals surface area contributed by atoms with Crippen molar-refractivity contribution in [2.75, 3.05) is 13.1 Å². The molecule has 1 saturated heterocycles. The number of piperidine rings is 1. The molecule has 0 radical (unpaired) electrons. The van der Waals surface area contributed by atoms with Gasteiger partial charge in [-0.25, -0.2) is 9.37 Å². The molecule has 3 heterocycles. The van der Waals surface area contributed by atoms with Gasteiger partial charge in [-0.2, -0.15) is 4.98 Å². The molecule has 9 heteroatoms. The highest BCUT2D eigenvalue weighted by Crippen LogP contribution is 2.21. The molecule has 1 amide bonds. The summed E-state index contributed by atoms with van der Waals surface area (Å²) >= 11 is 0. The van der Waals surface area contributed by atoms with Gasteiger partial charge in [-0.15, -0.1) is 0 Å². The fourth-order valence-corrected chi connectivity index (χ4v) is 4.58. The molecule has 2 aromatic heterocycles.